The summed E-state index contributed by atoms with van der Waals surface area (Å²) in [5, 5.41) is 3.18. The van der Waals surface area contributed by atoms with Crippen molar-refractivity contribution < 1.29 is 8.76 Å². The minimum absolute atomic E-state index is 0. The van der Waals surface area contributed by atoms with E-state index in [1.807, 2.05) is 0 Å². The first-order valence-electron chi connectivity index (χ1n) is 3.60. The third-order valence-corrected chi connectivity index (χ3v) is 1.97. The van der Waals surface area contributed by atoms with E-state index in [2.05, 4.69) is 15.6 Å². The zero-order valence-electron chi connectivity index (χ0n) is 6.54. The number of piperidine rings is 1. The van der Waals surface area contributed by atoms with Crippen LogP contribution in [-0.4, -0.2) is 27.9 Å². The maximum Gasteiger partial charge on any atom is 0.0324 e. The van der Waals surface area contributed by atoms with E-state index in [9.17, 15) is 8.76 Å². The Morgan fingerprint density at radius 2 is 2.00 bits per heavy atom. The molecule has 0 radical (unpaired) electrons. The highest BCUT2D eigenvalue weighted by molar-refractivity contribution is 7.76. The van der Waals surface area contributed by atoms with Crippen molar-refractivity contribution >= 4 is 23.7 Å². The molecular formula is C5H13ClN3O2S-. The molecule has 0 aromatic rings. The number of nitrogens with one attached hydrogen (secondary N) is 3. The predicted molar refractivity (Wildman–Crippen MR) is 48.3 cm³/mol. The van der Waals surface area contributed by atoms with Gasteiger partial charge in [0.2, 0.25) is 0 Å². The number of rotatable bonds is 3. The van der Waals surface area contributed by atoms with Crippen molar-refractivity contribution in [3.8, 4) is 0 Å². The average molecular weight is 215 g/mol. The SMILES string of the molecule is Cl.O=S([O-])NNC1CCNCC1. The third-order valence-electron chi connectivity index (χ3n) is 1.69. The summed E-state index contributed by atoms with van der Waals surface area (Å²) in [4.78, 5) is 2.15. The van der Waals surface area contributed by atoms with Crippen molar-refractivity contribution in [1.82, 2.24) is 15.6 Å². The molecule has 0 spiro atoms. The van der Waals surface area contributed by atoms with Gasteiger partial charge in [-0.2, -0.15) is 4.83 Å². The van der Waals surface area contributed by atoms with Crippen LogP contribution in [0.4, 0.5) is 0 Å². The van der Waals surface area contributed by atoms with E-state index in [-0.39, 0.29) is 18.4 Å². The fourth-order valence-corrected chi connectivity index (χ4v) is 1.36. The van der Waals surface area contributed by atoms with Crippen LogP contribution in [0.5, 0.6) is 0 Å². The first-order chi connectivity index (χ1) is 5.29. The zero-order valence-corrected chi connectivity index (χ0v) is 8.17. The maximum atomic E-state index is 10.1. The highest BCUT2D eigenvalue weighted by atomic mass is 35.5. The Bertz CT molecular complexity index is 143. The molecule has 3 N–H and O–H groups in total. The highest BCUT2D eigenvalue weighted by Crippen LogP contribution is 1.99. The fourth-order valence-electron chi connectivity index (χ4n) is 1.10. The molecule has 7 heteroatoms. The molecule has 74 valence electrons. The van der Waals surface area contributed by atoms with Crippen LogP contribution in [0.2, 0.25) is 0 Å². The molecule has 0 amide bonds. The Kier molecular flexibility index (Phi) is 6.92. The summed E-state index contributed by atoms with van der Waals surface area (Å²) in [7, 11) is 0. The second-order valence-electron chi connectivity index (χ2n) is 2.51. The lowest BCUT2D eigenvalue weighted by Gasteiger charge is -2.24. The normalized spacial score (nSPS) is 21.4. The molecule has 5 nitrogen and oxygen atoms in total. The van der Waals surface area contributed by atoms with Gasteiger partial charge < -0.3 is 9.87 Å². The van der Waals surface area contributed by atoms with Crippen LogP contribution >= 0.6 is 12.4 Å². The van der Waals surface area contributed by atoms with Crippen LogP contribution < -0.4 is 15.6 Å². The van der Waals surface area contributed by atoms with Crippen LogP contribution in [0, 0.1) is 0 Å². The monoisotopic (exact) mass is 214 g/mol. The van der Waals surface area contributed by atoms with Crippen molar-refractivity contribution in [1.29, 1.82) is 0 Å². The van der Waals surface area contributed by atoms with E-state index in [1.165, 1.54) is 0 Å². The lowest BCUT2D eigenvalue weighted by atomic mass is 10.1. The topological polar surface area (TPSA) is 76.2 Å². The van der Waals surface area contributed by atoms with Gasteiger partial charge >= 0.3 is 0 Å². The minimum atomic E-state index is -2.20. The Labute approximate surface area is 80.5 Å². The van der Waals surface area contributed by atoms with Crippen molar-refractivity contribution in [2.24, 2.45) is 0 Å². The van der Waals surface area contributed by atoms with Gasteiger partial charge in [0.1, 0.15) is 0 Å². The van der Waals surface area contributed by atoms with Gasteiger partial charge in [-0.25, -0.2) is 5.43 Å². The van der Waals surface area contributed by atoms with Gasteiger partial charge in [-0.05, 0) is 25.9 Å². The lowest BCUT2D eigenvalue weighted by molar-refractivity contribution is 0.371. The van der Waals surface area contributed by atoms with E-state index in [4.69, 9.17) is 0 Å². The van der Waals surface area contributed by atoms with Gasteiger partial charge in [-0.15, -0.1) is 12.4 Å². The van der Waals surface area contributed by atoms with Gasteiger partial charge in [-0.3, -0.25) is 4.21 Å². The van der Waals surface area contributed by atoms with Crippen molar-refractivity contribution in [2.75, 3.05) is 13.1 Å². The summed E-state index contributed by atoms with van der Waals surface area (Å²) >= 11 is -2.20. The number of hydrogen-bond donors (Lipinski definition) is 3. The van der Waals surface area contributed by atoms with Crippen molar-refractivity contribution in [2.45, 2.75) is 18.9 Å². The van der Waals surface area contributed by atoms with Crippen LogP contribution in [0.3, 0.4) is 0 Å². The molecule has 0 aromatic heterocycles. The number of hydrazine groups is 1. The van der Waals surface area contributed by atoms with Crippen molar-refractivity contribution in [3.05, 3.63) is 0 Å². The maximum absolute atomic E-state index is 10.1. The first-order valence-corrected chi connectivity index (χ1v) is 4.67. The second kappa shape index (κ2) is 6.76. The quantitative estimate of drug-likeness (QED) is 0.418. The molecule has 1 rings (SSSR count). The third kappa shape index (κ3) is 5.02. The second-order valence-corrected chi connectivity index (χ2v) is 3.18. The van der Waals surface area contributed by atoms with Crippen LogP contribution in [0.1, 0.15) is 12.8 Å². The zero-order chi connectivity index (χ0) is 8.10. The van der Waals surface area contributed by atoms with E-state index in [0.717, 1.165) is 25.9 Å². The smallest absolute Gasteiger partial charge is 0.0324 e. The van der Waals surface area contributed by atoms with Gasteiger partial charge in [-0.1, -0.05) is 0 Å². The summed E-state index contributed by atoms with van der Waals surface area (Å²) in [5.74, 6) is 0. The minimum Gasteiger partial charge on any atom is -0.759 e. The molecule has 0 bridgehead atoms. The predicted octanol–water partition coefficient (Wildman–Crippen LogP) is -0.952. The van der Waals surface area contributed by atoms with Crippen LogP contribution in [0.15, 0.2) is 0 Å². The molecule has 0 aliphatic carbocycles. The first kappa shape index (κ1) is 12.3. The highest BCUT2D eigenvalue weighted by Gasteiger charge is 2.10. The van der Waals surface area contributed by atoms with E-state index < -0.39 is 11.3 Å². The molecule has 1 unspecified atom stereocenters. The molecule has 1 aliphatic heterocycles. The molecule has 1 atom stereocenters. The van der Waals surface area contributed by atoms with Crippen molar-refractivity contribution in [3.63, 3.8) is 0 Å². The summed E-state index contributed by atoms with van der Waals surface area (Å²) in [6.07, 6.45) is 1.92. The van der Waals surface area contributed by atoms with E-state index >= 15 is 0 Å². The Balaban J connectivity index is 0.00000121. The number of hydrogen-bond acceptors (Lipinski definition) is 4. The molecule has 1 aliphatic rings. The number of halogens is 1. The standard InChI is InChI=1S/C5H13N3O2S.ClH/c9-11(10)8-7-5-1-3-6-4-2-5;/h5-8H,1-4H2,(H,9,10);1H/p-1. The molecule has 1 saturated heterocycles. The Hall–Kier alpha value is 0.280. The van der Waals surface area contributed by atoms with Crippen LogP contribution in [0.25, 0.3) is 0 Å². The van der Waals surface area contributed by atoms with Crippen LogP contribution in [-0.2, 0) is 11.3 Å². The summed E-state index contributed by atoms with van der Waals surface area (Å²) in [5.41, 5.74) is 2.72. The molecule has 1 fully saturated rings. The summed E-state index contributed by atoms with van der Waals surface area (Å²) < 4.78 is 20.1. The molecular weight excluding hydrogens is 202 g/mol. The van der Waals surface area contributed by atoms with Gasteiger partial charge in [0.25, 0.3) is 0 Å². The Morgan fingerprint density at radius 1 is 1.42 bits per heavy atom. The molecule has 0 saturated carbocycles. The van der Waals surface area contributed by atoms with Gasteiger partial charge in [0.15, 0.2) is 0 Å². The lowest BCUT2D eigenvalue weighted by Crippen LogP contribution is -2.46. The van der Waals surface area contributed by atoms with E-state index in [1.54, 1.807) is 0 Å². The summed E-state index contributed by atoms with van der Waals surface area (Å²) in [6, 6.07) is 0.272. The Morgan fingerprint density at radius 3 is 2.50 bits per heavy atom. The average Bonchev–Trinajstić information content (AvgIpc) is 2.03. The molecule has 0 aromatic carbocycles. The molecule has 12 heavy (non-hydrogen) atoms. The summed E-state index contributed by atoms with van der Waals surface area (Å²) in [6.45, 7) is 1.90. The molecule has 1 heterocycles. The largest absolute Gasteiger partial charge is 0.759 e. The van der Waals surface area contributed by atoms with Gasteiger partial charge in [0, 0.05) is 17.3 Å². The van der Waals surface area contributed by atoms with Gasteiger partial charge in [0.05, 0.1) is 0 Å². The van der Waals surface area contributed by atoms with E-state index in [0.29, 0.717) is 0 Å². The fraction of sp³-hybridized carbons (Fsp3) is 1.00.